The molecule has 0 radical (unpaired) electrons. The first kappa shape index (κ1) is 47.3. The Morgan fingerprint density at radius 2 is 0.796 bits per heavy atom. The highest BCUT2D eigenvalue weighted by molar-refractivity contribution is 5.83. The highest BCUT2D eigenvalue weighted by Gasteiger charge is 2.07. The van der Waals surface area contributed by atoms with Crippen molar-refractivity contribution in [3.05, 3.63) is 23.3 Å². The Balaban J connectivity index is 4.00. The molecule has 0 aromatic rings. The molecule has 6 heteroatoms. The van der Waals surface area contributed by atoms with Crippen molar-refractivity contribution in [2.75, 3.05) is 39.5 Å². The number of aliphatic hydroxyl groups is 1. The maximum absolute atomic E-state index is 12.3. The molecule has 0 bridgehead atoms. The van der Waals surface area contributed by atoms with E-state index in [-0.39, 0.29) is 18.5 Å². The van der Waals surface area contributed by atoms with Crippen LogP contribution in [0.15, 0.2) is 23.3 Å². The van der Waals surface area contributed by atoms with Crippen molar-refractivity contribution in [2.45, 2.75) is 201 Å². The summed E-state index contributed by atoms with van der Waals surface area (Å²) < 4.78 is 11.0. The minimum atomic E-state index is -0.152. The van der Waals surface area contributed by atoms with E-state index in [0.29, 0.717) is 13.2 Å². The summed E-state index contributed by atoms with van der Waals surface area (Å²) in [5.74, 6) is -0.304. The molecule has 0 aromatic carbocycles. The van der Waals surface area contributed by atoms with E-state index in [2.05, 4.69) is 32.6 Å². The topological polar surface area (TPSA) is 76.1 Å². The number of carbonyl (C=O) groups excluding carboxylic acids is 2. The lowest BCUT2D eigenvalue weighted by atomic mass is 10.0. The minimum Gasteiger partial charge on any atom is -0.463 e. The van der Waals surface area contributed by atoms with Gasteiger partial charge < -0.3 is 19.5 Å². The second-order valence-electron chi connectivity index (χ2n) is 14.2. The average molecular weight is 692 g/mol. The molecule has 0 unspecified atom stereocenters. The van der Waals surface area contributed by atoms with Crippen molar-refractivity contribution in [3.8, 4) is 0 Å². The number of unbranched alkanes of at least 4 members (excludes halogenated alkanes) is 16. The molecule has 0 aliphatic heterocycles. The summed E-state index contributed by atoms with van der Waals surface area (Å²) in [4.78, 5) is 27.1. The van der Waals surface area contributed by atoms with Gasteiger partial charge in [-0.05, 0) is 96.6 Å². The van der Waals surface area contributed by atoms with Gasteiger partial charge in [0.25, 0.3) is 0 Å². The number of esters is 2. The molecule has 0 aromatic heterocycles. The third-order valence-corrected chi connectivity index (χ3v) is 9.41. The van der Waals surface area contributed by atoms with E-state index in [9.17, 15) is 14.7 Å². The maximum Gasteiger partial charge on any atom is 0.330 e. The predicted octanol–water partition coefficient (Wildman–Crippen LogP) is 11.8. The first-order valence-corrected chi connectivity index (χ1v) is 21.1. The molecule has 0 atom stereocenters. The molecular formula is C43H81NO5. The monoisotopic (exact) mass is 692 g/mol. The highest BCUT2D eigenvalue weighted by atomic mass is 16.5. The number of allylic oxidation sites excluding steroid dienone is 2. The van der Waals surface area contributed by atoms with Crippen LogP contribution in [0.25, 0.3) is 0 Å². The molecule has 0 heterocycles. The van der Waals surface area contributed by atoms with Crippen molar-refractivity contribution in [1.82, 2.24) is 4.90 Å². The van der Waals surface area contributed by atoms with Crippen LogP contribution in [0.4, 0.5) is 0 Å². The van der Waals surface area contributed by atoms with E-state index in [1.807, 2.05) is 0 Å². The molecule has 288 valence electrons. The minimum absolute atomic E-state index is 0.152. The second kappa shape index (κ2) is 37.6. The standard InChI is InChI=1S/C43H81NO5/c1-5-9-21-30-40(28-11-7-3)38-42(46)48-36-25-19-15-13-17-23-32-44(34-27-35-45)33-24-18-14-16-20-26-37-49-43(47)39-41(29-12-8-4)31-22-10-6-2/h38-39,45H,5-37H2,1-4H3/b40-38+,41-39?. The van der Waals surface area contributed by atoms with Gasteiger partial charge in [0, 0.05) is 25.3 Å². The summed E-state index contributed by atoms with van der Waals surface area (Å²) in [6, 6.07) is 0. The van der Waals surface area contributed by atoms with Crippen molar-refractivity contribution in [3.63, 3.8) is 0 Å². The van der Waals surface area contributed by atoms with Crippen LogP contribution in [0.3, 0.4) is 0 Å². The lowest BCUT2D eigenvalue weighted by Crippen LogP contribution is -2.27. The Kier molecular flexibility index (Phi) is 36.3. The summed E-state index contributed by atoms with van der Waals surface area (Å²) >= 11 is 0. The van der Waals surface area contributed by atoms with Crippen molar-refractivity contribution >= 4 is 11.9 Å². The van der Waals surface area contributed by atoms with Crippen LogP contribution in [0, 0.1) is 0 Å². The van der Waals surface area contributed by atoms with Gasteiger partial charge in [-0.1, -0.05) is 129 Å². The summed E-state index contributed by atoms with van der Waals surface area (Å²) in [5, 5.41) is 9.35. The number of rotatable bonds is 37. The maximum atomic E-state index is 12.3. The fourth-order valence-electron chi connectivity index (χ4n) is 6.23. The van der Waals surface area contributed by atoms with Gasteiger partial charge in [0.05, 0.1) is 13.2 Å². The molecule has 0 rings (SSSR count). The van der Waals surface area contributed by atoms with Crippen molar-refractivity contribution in [2.24, 2.45) is 0 Å². The molecular weight excluding hydrogens is 610 g/mol. The number of hydrogen-bond acceptors (Lipinski definition) is 6. The molecule has 0 amide bonds. The van der Waals surface area contributed by atoms with Crippen LogP contribution >= 0.6 is 0 Å². The molecule has 6 nitrogen and oxygen atoms in total. The SMILES string of the molecule is CCCCCC(=CC(=O)OCCCCCCCCN(CCCO)CCCCCCCCOC(=O)/C=C(\CCCC)CCCCC)CCCC. The Hall–Kier alpha value is -1.66. The van der Waals surface area contributed by atoms with Gasteiger partial charge in [0.15, 0.2) is 0 Å². The van der Waals surface area contributed by atoms with Gasteiger partial charge >= 0.3 is 11.9 Å². The van der Waals surface area contributed by atoms with Gasteiger partial charge in [-0.2, -0.15) is 0 Å². The van der Waals surface area contributed by atoms with Gasteiger partial charge in [0.2, 0.25) is 0 Å². The summed E-state index contributed by atoms with van der Waals surface area (Å²) in [6.45, 7) is 13.3. The first-order chi connectivity index (χ1) is 24.0. The Labute approximate surface area is 304 Å². The largest absolute Gasteiger partial charge is 0.463 e. The molecule has 0 fully saturated rings. The quantitative estimate of drug-likeness (QED) is 0.0397. The van der Waals surface area contributed by atoms with Crippen molar-refractivity contribution < 1.29 is 24.2 Å². The summed E-state index contributed by atoms with van der Waals surface area (Å²) in [6.07, 6.45) is 34.1. The zero-order valence-corrected chi connectivity index (χ0v) is 33.0. The molecule has 1 N–H and O–H groups in total. The number of ether oxygens (including phenoxy) is 2. The Morgan fingerprint density at radius 3 is 1.18 bits per heavy atom. The molecule has 0 aliphatic carbocycles. The number of carbonyl (C=O) groups is 2. The zero-order valence-electron chi connectivity index (χ0n) is 33.0. The number of aliphatic hydroxyl groups excluding tert-OH is 1. The average Bonchev–Trinajstić information content (AvgIpc) is 3.09. The smallest absolute Gasteiger partial charge is 0.330 e. The number of nitrogens with zero attached hydrogens (tertiary/aromatic N) is 1. The zero-order chi connectivity index (χ0) is 36.0. The van der Waals surface area contributed by atoms with Crippen LogP contribution in [0.5, 0.6) is 0 Å². The van der Waals surface area contributed by atoms with Gasteiger partial charge in [-0.3, -0.25) is 0 Å². The Bertz CT molecular complexity index is 746. The summed E-state index contributed by atoms with van der Waals surface area (Å²) in [7, 11) is 0. The van der Waals surface area contributed by atoms with Crippen molar-refractivity contribution in [1.29, 1.82) is 0 Å². The predicted molar refractivity (Wildman–Crippen MR) is 209 cm³/mol. The van der Waals surface area contributed by atoms with E-state index in [1.165, 1.54) is 101 Å². The van der Waals surface area contributed by atoms with Gasteiger partial charge in [0.1, 0.15) is 0 Å². The van der Waals surface area contributed by atoms with E-state index < -0.39 is 0 Å². The lowest BCUT2D eigenvalue weighted by Gasteiger charge is -2.22. The van der Waals surface area contributed by atoms with Gasteiger partial charge in [-0.15, -0.1) is 0 Å². The first-order valence-electron chi connectivity index (χ1n) is 21.1. The summed E-state index contributed by atoms with van der Waals surface area (Å²) in [5.41, 5.74) is 2.52. The third-order valence-electron chi connectivity index (χ3n) is 9.41. The van der Waals surface area contributed by atoms with Crippen LogP contribution in [-0.2, 0) is 19.1 Å². The van der Waals surface area contributed by atoms with E-state index >= 15 is 0 Å². The van der Waals surface area contributed by atoms with E-state index in [0.717, 1.165) is 103 Å². The third kappa shape index (κ3) is 33.3. The van der Waals surface area contributed by atoms with Crippen LogP contribution in [-0.4, -0.2) is 61.4 Å². The van der Waals surface area contributed by atoms with E-state index in [4.69, 9.17) is 9.47 Å². The Morgan fingerprint density at radius 1 is 0.449 bits per heavy atom. The lowest BCUT2D eigenvalue weighted by molar-refractivity contribution is -0.138. The highest BCUT2D eigenvalue weighted by Crippen LogP contribution is 2.18. The normalized spacial score (nSPS) is 12.2. The molecule has 0 aliphatic rings. The molecule has 49 heavy (non-hydrogen) atoms. The van der Waals surface area contributed by atoms with Crippen LogP contribution in [0.1, 0.15) is 201 Å². The second-order valence-corrected chi connectivity index (χ2v) is 14.2. The number of hydrogen-bond donors (Lipinski definition) is 1. The molecule has 0 saturated carbocycles. The fraction of sp³-hybridized carbons (Fsp3) is 0.860. The van der Waals surface area contributed by atoms with Crippen LogP contribution in [0.2, 0.25) is 0 Å². The molecule has 0 spiro atoms. The fourth-order valence-corrected chi connectivity index (χ4v) is 6.23. The van der Waals surface area contributed by atoms with Crippen LogP contribution < -0.4 is 0 Å². The van der Waals surface area contributed by atoms with E-state index in [1.54, 1.807) is 12.2 Å². The van der Waals surface area contributed by atoms with Gasteiger partial charge in [-0.25, -0.2) is 9.59 Å². The molecule has 0 saturated heterocycles.